The lowest BCUT2D eigenvalue weighted by molar-refractivity contribution is -0.138. The number of fused-ring (bicyclic) bond motifs is 2. The van der Waals surface area contributed by atoms with Gasteiger partial charge in [0.25, 0.3) is 0 Å². The highest BCUT2D eigenvalue weighted by Gasteiger charge is 2.33. The molecule has 44 heavy (non-hydrogen) atoms. The highest BCUT2D eigenvalue weighted by atomic mass is 32.2. The second-order valence-electron chi connectivity index (χ2n) is 12.3. The van der Waals surface area contributed by atoms with E-state index in [1.54, 1.807) is 0 Å². The molecule has 0 saturated heterocycles. The van der Waals surface area contributed by atoms with Gasteiger partial charge in [-0.2, -0.15) is 9.36 Å². The number of carbonyl (C=O) groups is 1. The third-order valence-corrected chi connectivity index (χ3v) is 9.30. The van der Waals surface area contributed by atoms with E-state index in [1.165, 1.54) is 30.8 Å². The van der Waals surface area contributed by atoms with Crippen LogP contribution >= 0.6 is 11.5 Å². The smallest absolute Gasteiger partial charge is 0.235 e. The lowest BCUT2D eigenvalue weighted by atomic mass is 9.86. The van der Waals surface area contributed by atoms with Crippen LogP contribution in [0.3, 0.4) is 0 Å². The Hall–Kier alpha value is -3.42. The Morgan fingerprint density at radius 2 is 1.98 bits per heavy atom. The van der Waals surface area contributed by atoms with E-state index in [0.717, 1.165) is 23.2 Å². The summed E-state index contributed by atoms with van der Waals surface area (Å²) >= 11 is 1.17. The molecule has 0 amide bonds. The first-order valence-electron chi connectivity index (χ1n) is 14.4. The van der Waals surface area contributed by atoms with Gasteiger partial charge in [-0.25, -0.2) is 17.8 Å². The predicted octanol–water partition coefficient (Wildman–Crippen LogP) is 5.74. The number of pyridine rings is 1. The molecule has 0 saturated carbocycles. The molecule has 1 atom stereocenters. The summed E-state index contributed by atoms with van der Waals surface area (Å²) < 4.78 is 57.1. The van der Waals surface area contributed by atoms with Gasteiger partial charge < -0.3 is 19.4 Å². The summed E-state index contributed by atoms with van der Waals surface area (Å²) in [6, 6.07) is 3.43. The van der Waals surface area contributed by atoms with Gasteiger partial charge in [0.2, 0.25) is 5.95 Å². The molecule has 0 spiro atoms. The molecule has 4 heterocycles. The van der Waals surface area contributed by atoms with Gasteiger partial charge >= 0.3 is 0 Å². The zero-order valence-corrected chi connectivity index (χ0v) is 27.9. The zero-order chi connectivity index (χ0) is 32.1. The van der Waals surface area contributed by atoms with Gasteiger partial charge in [0.05, 0.1) is 23.7 Å². The molecule has 0 radical (unpaired) electrons. The number of Topliss-reactive ketones (excluding diaryl/α,β-unsaturated/α-hetero) is 1. The molecular weight excluding hydrogens is 606 g/mol. The molecule has 1 N–H and O–H groups in total. The van der Waals surface area contributed by atoms with Gasteiger partial charge in [0, 0.05) is 47.6 Å². The number of ether oxygens (including phenoxy) is 2. The fourth-order valence-corrected chi connectivity index (χ4v) is 6.80. The maximum Gasteiger partial charge on any atom is 0.235 e. The van der Waals surface area contributed by atoms with Crippen molar-refractivity contribution in [3.63, 3.8) is 0 Å². The van der Waals surface area contributed by atoms with Gasteiger partial charge in [-0.15, -0.1) is 0 Å². The number of hydrogen-bond donors (Lipinski definition) is 1. The maximum atomic E-state index is 15.7. The van der Waals surface area contributed by atoms with Gasteiger partial charge in [-0.1, -0.05) is 0 Å². The molecule has 0 fully saturated rings. The number of aryl methyl sites for hydroxylation is 2. The Kier molecular flexibility index (Phi) is 8.60. The van der Waals surface area contributed by atoms with Crippen LogP contribution < -0.4 is 10.1 Å². The van der Waals surface area contributed by atoms with Gasteiger partial charge in [-0.05, 0) is 89.2 Å². The van der Waals surface area contributed by atoms with Crippen LogP contribution in [0.2, 0.25) is 0 Å². The Bertz CT molecular complexity index is 1870. The monoisotopic (exact) mass is 643 g/mol. The molecule has 10 nitrogen and oxygen atoms in total. The number of rotatable bonds is 9. The van der Waals surface area contributed by atoms with Crippen LogP contribution in [0.1, 0.15) is 62.6 Å². The van der Waals surface area contributed by atoms with Crippen molar-refractivity contribution >= 4 is 44.1 Å². The number of nitrogens with one attached hydrogen (secondary N) is 1. The van der Waals surface area contributed by atoms with Crippen LogP contribution in [-0.4, -0.2) is 63.9 Å². The van der Waals surface area contributed by atoms with E-state index >= 15 is 4.39 Å². The number of carbonyl (C=O) groups excluding carboxylic acids is 1. The third kappa shape index (κ3) is 6.36. The average molecular weight is 644 g/mol. The van der Waals surface area contributed by atoms with Crippen molar-refractivity contribution in [3.8, 4) is 27.6 Å². The summed E-state index contributed by atoms with van der Waals surface area (Å²) in [5, 5.41) is 4.27. The summed E-state index contributed by atoms with van der Waals surface area (Å²) in [7, 11) is -1.27. The minimum atomic E-state index is -3.14. The summed E-state index contributed by atoms with van der Waals surface area (Å²) in [5.41, 5.74) is 4.92. The molecule has 0 aliphatic carbocycles. The quantitative estimate of drug-likeness (QED) is 0.243. The molecule has 1 aliphatic rings. The van der Waals surface area contributed by atoms with E-state index in [9.17, 15) is 13.2 Å². The van der Waals surface area contributed by atoms with Crippen molar-refractivity contribution in [2.24, 2.45) is 7.05 Å². The van der Waals surface area contributed by atoms with Crippen LogP contribution in [0.15, 0.2) is 12.1 Å². The Morgan fingerprint density at radius 1 is 1.25 bits per heavy atom. The van der Waals surface area contributed by atoms with Crippen molar-refractivity contribution in [2.75, 3.05) is 30.5 Å². The number of nitrogens with zero attached hydrogens (tertiary/aromatic N) is 4. The molecule has 1 aromatic carbocycles. The standard InChI is InChI=1S/C31H38FN5O5S2/c1-16-19-10-9-12-41-27(19)22(32)14-20(16)25-21-15-23(29-35-30(36-43-29)33-11-13-44(8,39)40)37(7)28(21)34-17(2)24(25)26(18(3)38)42-31(4,5)6/h14-15,26H,9-13H2,1-8H3,(H,33,36)/t26-/m1/s1. The normalized spacial score (nSPS) is 14.4. The average Bonchev–Trinajstić information content (AvgIpc) is 3.52. The molecule has 13 heteroatoms. The van der Waals surface area contributed by atoms with Crippen molar-refractivity contribution < 1.29 is 27.1 Å². The van der Waals surface area contributed by atoms with E-state index in [1.807, 2.05) is 52.3 Å². The van der Waals surface area contributed by atoms with Gasteiger partial charge in [0.1, 0.15) is 21.6 Å². The second kappa shape index (κ2) is 11.8. The third-order valence-electron chi connectivity index (χ3n) is 7.61. The molecule has 0 unspecified atom stereocenters. The predicted molar refractivity (Wildman–Crippen MR) is 171 cm³/mol. The van der Waals surface area contributed by atoms with E-state index in [0.29, 0.717) is 57.4 Å². The fraction of sp³-hybridized carbons (Fsp3) is 0.484. The maximum absolute atomic E-state index is 15.7. The number of ketones is 1. The van der Waals surface area contributed by atoms with E-state index in [-0.39, 0.29) is 23.8 Å². The van der Waals surface area contributed by atoms with E-state index < -0.39 is 27.4 Å². The Labute approximate surface area is 261 Å². The van der Waals surface area contributed by atoms with Gasteiger partial charge in [0.15, 0.2) is 22.4 Å². The first-order valence-corrected chi connectivity index (χ1v) is 17.3. The summed E-state index contributed by atoms with van der Waals surface area (Å²) in [6.07, 6.45) is 1.71. The summed E-state index contributed by atoms with van der Waals surface area (Å²) in [6.45, 7) is 11.6. The second-order valence-corrected chi connectivity index (χ2v) is 15.3. The van der Waals surface area contributed by atoms with E-state index in [2.05, 4.69) is 14.7 Å². The first-order chi connectivity index (χ1) is 20.6. The number of benzene rings is 1. The SMILES string of the molecule is CC(=O)[C@@H](OC(C)(C)C)c1c(C)nc2c(cc(-c3nc(NCCS(C)(=O)=O)ns3)n2C)c1-c1cc(F)c2c(c1C)CCCO2. The highest BCUT2D eigenvalue weighted by Crippen LogP contribution is 2.45. The number of aromatic nitrogens is 4. The number of hydrogen-bond acceptors (Lipinski definition) is 10. The van der Waals surface area contributed by atoms with Gasteiger partial charge in [-0.3, -0.25) is 4.79 Å². The van der Waals surface area contributed by atoms with Crippen molar-refractivity contribution in [1.29, 1.82) is 0 Å². The Morgan fingerprint density at radius 3 is 2.64 bits per heavy atom. The molecule has 0 bridgehead atoms. The highest BCUT2D eigenvalue weighted by molar-refractivity contribution is 7.90. The largest absolute Gasteiger partial charge is 0.490 e. The summed E-state index contributed by atoms with van der Waals surface area (Å²) in [5.74, 6) is -0.0638. The van der Waals surface area contributed by atoms with Crippen LogP contribution in [0.25, 0.3) is 32.9 Å². The first kappa shape index (κ1) is 32.0. The molecule has 3 aromatic heterocycles. The number of halogens is 1. The Balaban J connectivity index is 1.75. The lowest BCUT2D eigenvalue weighted by Crippen LogP contribution is -2.27. The van der Waals surface area contributed by atoms with Crippen molar-refractivity contribution in [1.82, 2.24) is 18.9 Å². The van der Waals surface area contributed by atoms with Crippen LogP contribution in [0.4, 0.5) is 10.3 Å². The van der Waals surface area contributed by atoms with Crippen molar-refractivity contribution in [3.05, 3.63) is 40.3 Å². The number of anilines is 1. The van der Waals surface area contributed by atoms with E-state index in [4.69, 9.17) is 14.5 Å². The molecule has 4 aromatic rings. The zero-order valence-electron chi connectivity index (χ0n) is 26.3. The summed E-state index contributed by atoms with van der Waals surface area (Å²) in [4.78, 5) is 22.8. The topological polar surface area (TPSA) is 125 Å². The molecule has 5 rings (SSSR count). The van der Waals surface area contributed by atoms with Crippen LogP contribution in [-0.2, 0) is 32.8 Å². The molecular formula is C31H38FN5O5S2. The molecule has 1 aliphatic heterocycles. The lowest BCUT2D eigenvalue weighted by Gasteiger charge is -2.30. The fourth-order valence-electron chi connectivity index (χ4n) is 5.64. The molecule has 236 valence electrons. The van der Waals surface area contributed by atoms with Crippen molar-refractivity contribution in [2.45, 2.75) is 66.1 Å². The number of sulfone groups is 1. The minimum Gasteiger partial charge on any atom is -0.490 e. The van der Waals surface area contributed by atoms with Crippen LogP contribution in [0.5, 0.6) is 5.75 Å². The minimum absolute atomic E-state index is 0.0411. The van der Waals surface area contributed by atoms with Crippen LogP contribution in [0, 0.1) is 19.7 Å².